The molecule has 0 bridgehead atoms. The Hall–Kier alpha value is -1.09. The highest BCUT2D eigenvalue weighted by molar-refractivity contribution is 14.1. The van der Waals surface area contributed by atoms with E-state index in [2.05, 4.69) is 91.2 Å². The number of carboxylic acid groups (broad SMARTS) is 1. The maximum Gasteiger partial charge on any atom is 0.333 e. The van der Waals surface area contributed by atoms with Gasteiger partial charge in [0.05, 0.1) is 4.47 Å². The molecule has 0 saturated carbocycles. The van der Waals surface area contributed by atoms with Gasteiger partial charge in [-0.25, -0.2) is 4.79 Å². The maximum absolute atomic E-state index is 11.2. The summed E-state index contributed by atoms with van der Waals surface area (Å²) >= 11 is 8.07. The molecule has 1 N–H and O–H groups in total. The molecular formula is C23H21BrI2O4. The molecule has 1 atom stereocenters. The van der Waals surface area contributed by atoms with E-state index >= 15 is 0 Å². The molecule has 0 heterocycles. The fraction of sp³-hybridized carbons (Fsp3) is 0.261. The molecule has 2 rings (SSSR count). The van der Waals surface area contributed by atoms with Crippen molar-refractivity contribution in [1.82, 2.24) is 0 Å². The predicted octanol–water partition coefficient (Wildman–Crippen LogP) is 6.07. The lowest BCUT2D eigenvalue weighted by Gasteiger charge is -2.13. The van der Waals surface area contributed by atoms with Crippen LogP contribution in [0, 0.1) is 19.0 Å². The van der Waals surface area contributed by atoms with E-state index in [1.54, 1.807) is 6.92 Å². The van der Waals surface area contributed by atoms with Crippen LogP contribution in [0.4, 0.5) is 0 Å². The van der Waals surface area contributed by atoms with Gasteiger partial charge in [0.2, 0.25) is 0 Å². The molecule has 0 spiro atoms. The van der Waals surface area contributed by atoms with Crippen molar-refractivity contribution in [2.75, 3.05) is 13.2 Å². The first kappa shape index (κ1) is 25.2. The Labute approximate surface area is 212 Å². The van der Waals surface area contributed by atoms with Crippen LogP contribution in [-0.4, -0.2) is 30.4 Å². The second-order valence-electron chi connectivity index (χ2n) is 6.36. The summed E-state index contributed by atoms with van der Waals surface area (Å²) in [4.78, 5) is 11.2. The van der Waals surface area contributed by atoms with E-state index in [9.17, 15) is 9.90 Å². The summed E-state index contributed by atoms with van der Waals surface area (Å²) in [5.41, 5.74) is 2.78. The van der Waals surface area contributed by atoms with Crippen molar-refractivity contribution in [3.8, 4) is 17.6 Å². The van der Waals surface area contributed by atoms with E-state index in [1.807, 2.05) is 31.2 Å². The fourth-order valence-corrected chi connectivity index (χ4v) is 5.00. The molecule has 30 heavy (non-hydrogen) atoms. The van der Waals surface area contributed by atoms with Crippen molar-refractivity contribution in [1.29, 1.82) is 0 Å². The highest BCUT2D eigenvalue weighted by atomic mass is 127. The van der Waals surface area contributed by atoms with Crippen molar-refractivity contribution < 1.29 is 19.4 Å². The van der Waals surface area contributed by atoms with Gasteiger partial charge in [-0.1, -0.05) is 17.9 Å². The average molecular weight is 695 g/mol. The molecular weight excluding hydrogens is 674 g/mol. The number of hydrogen-bond donors (Lipinski definition) is 1. The van der Waals surface area contributed by atoms with Crippen LogP contribution in [0.15, 0.2) is 52.5 Å². The predicted molar refractivity (Wildman–Crippen MR) is 139 cm³/mol. The third-order valence-electron chi connectivity index (χ3n) is 3.96. The number of aliphatic carboxylic acids is 1. The Bertz CT molecular complexity index is 972. The van der Waals surface area contributed by atoms with Gasteiger partial charge in [-0.15, -0.1) is 0 Å². The SMILES string of the molecule is CCOC(Cc1ccc(OC/C=C(/C)C#Cc2cc(I)cc(I)c2)c(Br)c1)C(=O)O. The van der Waals surface area contributed by atoms with E-state index < -0.39 is 12.1 Å². The lowest BCUT2D eigenvalue weighted by Crippen LogP contribution is -2.26. The minimum atomic E-state index is -0.963. The van der Waals surface area contributed by atoms with Crippen LogP contribution in [0.1, 0.15) is 25.0 Å². The van der Waals surface area contributed by atoms with Crippen molar-refractivity contribution in [2.24, 2.45) is 0 Å². The molecule has 0 saturated heterocycles. The van der Waals surface area contributed by atoms with Crippen LogP contribution < -0.4 is 4.74 Å². The van der Waals surface area contributed by atoms with Crippen LogP contribution in [0.2, 0.25) is 0 Å². The standard InChI is InChI=1S/C23H21BrI2O4/c1-3-29-22(23(27)28)13-17-6-7-21(20(24)12-17)30-9-8-15(2)4-5-16-10-18(25)14-19(26)11-16/h6-8,10-12,14,22H,3,9,13H2,1-2H3,(H,27,28)/b15-8-. The van der Waals surface area contributed by atoms with Crippen molar-refractivity contribution >= 4 is 67.1 Å². The molecule has 2 aromatic rings. The number of ether oxygens (including phenoxy) is 2. The van der Waals surface area contributed by atoms with Gasteiger partial charge in [0.25, 0.3) is 0 Å². The smallest absolute Gasteiger partial charge is 0.333 e. The first-order chi connectivity index (χ1) is 14.3. The Morgan fingerprint density at radius 1 is 1.23 bits per heavy atom. The zero-order valence-corrected chi connectivity index (χ0v) is 22.4. The summed E-state index contributed by atoms with van der Waals surface area (Å²) < 4.78 is 14.2. The van der Waals surface area contributed by atoms with Crippen LogP contribution >= 0.6 is 61.1 Å². The van der Waals surface area contributed by atoms with Gasteiger partial charge < -0.3 is 14.6 Å². The van der Waals surface area contributed by atoms with Gasteiger partial charge in [0.1, 0.15) is 12.4 Å². The number of carboxylic acids is 1. The molecule has 0 amide bonds. The van der Waals surface area contributed by atoms with E-state index in [0.717, 1.165) is 28.3 Å². The zero-order valence-electron chi connectivity index (χ0n) is 16.5. The molecule has 158 valence electrons. The summed E-state index contributed by atoms with van der Waals surface area (Å²) in [6, 6.07) is 11.7. The second kappa shape index (κ2) is 12.7. The molecule has 0 fully saturated rings. The van der Waals surface area contributed by atoms with Gasteiger partial charge >= 0.3 is 5.97 Å². The number of carbonyl (C=O) groups is 1. The minimum Gasteiger partial charge on any atom is -0.488 e. The third-order valence-corrected chi connectivity index (χ3v) is 5.82. The molecule has 0 aliphatic rings. The molecule has 0 radical (unpaired) electrons. The van der Waals surface area contributed by atoms with E-state index in [4.69, 9.17) is 9.47 Å². The van der Waals surface area contributed by atoms with Crippen molar-refractivity contribution in [2.45, 2.75) is 26.4 Å². The fourth-order valence-electron chi connectivity index (χ4n) is 2.53. The molecule has 1 unspecified atom stereocenters. The summed E-state index contributed by atoms with van der Waals surface area (Å²) in [5.74, 6) is 6.05. The Morgan fingerprint density at radius 2 is 1.93 bits per heavy atom. The summed E-state index contributed by atoms with van der Waals surface area (Å²) in [7, 11) is 0. The molecule has 4 nitrogen and oxygen atoms in total. The lowest BCUT2D eigenvalue weighted by atomic mass is 10.1. The number of rotatable bonds is 8. The van der Waals surface area contributed by atoms with E-state index in [-0.39, 0.29) is 0 Å². The van der Waals surface area contributed by atoms with Gasteiger partial charge in [-0.3, -0.25) is 0 Å². The minimum absolute atomic E-state index is 0.300. The van der Waals surface area contributed by atoms with Gasteiger partial charge in [-0.2, -0.15) is 0 Å². The largest absolute Gasteiger partial charge is 0.488 e. The molecule has 0 aliphatic carbocycles. The Kier molecular flexibility index (Phi) is 10.6. The monoisotopic (exact) mass is 694 g/mol. The van der Waals surface area contributed by atoms with Crippen LogP contribution in [0.5, 0.6) is 5.75 Å². The lowest BCUT2D eigenvalue weighted by molar-refractivity contribution is -0.149. The quantitative estimate of drug-likeness (QED) is 0.270. The average Bonchev–Trinajstić information content (AvgIpc) is 2.67. The highest BCUT2D eigenvalue weighted by Gasteiger charge is 2.18. The Balaban J connectivity index is 1.97. The third kappa shape index (κ3) is 8.57. The normalized spacial score (nSPS) is 12.1. The Morgan fingerprint density at radius 3 is 2.53 bits per heavy atom. The maximum atomic E-state index is 11.2. The topological polar surface area (TPSA) is 55.8 Å². The number of benzene rings is 2. The first-order valence-corrected chi connectivity index (χ1v) is 12.1. The molecule has 0 aromatic heterocycles. The van der Waals surface area contributed by atoms with Crippen molar-refractivity contribution in [3.05, 3.63) is 70.8 Å². The molecule has 2 aromatic carbocycles. The van der Waals surface area contributed by atoms with E-state index in [1.165, 1.54) is 0 Å². The number of halogens is 3. The highest BCUT2D eigenvalue weighted by Crippen LogP contribution is 2.27. The summed E-state index contributed by atoms with van der Waals surface area (Å²) in [5, 5.41) is 9.22. The van der Waals surface area contributed by atoms with Gasteiger partial charge in [0.15, 0.2) is 6.10 Å². The van der Waals surface area contributed by atoms with Crippen LogP contribution in [0.3, 0.4) is 0 Å². The summed E-state index contributed by atoms with van der Waals surface area (Å²) in [6.45, 7) is 4.48. The number of allylic oxidation sites excluding steroid dienone is 1. The molecule has 7 heteroatoms. The molecule has 0 aliphatic heterocycles. The summed E-state index contributed by atoms with van der Waals surface area (Å²) in [6.07, 6.45) is 1.38. The first-order valence-electron chi connectivity index (χ1n) is 9.19. The van der Waals surface area contributed by atoms with Crippen molar-refractivity contribution in [3.63, 3.8) is 0 Å². The second-order valence-corrected chi connectivity index (χ2v) is 9.70. The van der Waals surface area contributed by atoms with Crippen LogP contribution in [0.25, 0.3) is 0 Å². The van der Waals surface area contributed by atoms with Gasteiger partial charge in [-0.05, 0) is 123 Å². The zero-order chi connectivity index (χ0) is 22.1. The van der Waals surface area contributed by atoms with E-state index in [0.29, 0.717) is 25.4 Å². The van der Waals surface area contributed by atoms with Crippen LogP contribution in [-0.2, 0) is 16.0 Å². The van der Waals surface area contributed by atoms with Gasteiger partial charge in [0, 0.05) is 25.7 Å². The number of hydrogen-bond acceptors (Lipinski definition) is 3.